The molecule has 0 spiro atoms. The van der Waals surface area contributed by atoms with Gasteiger partial charge < -0.3 is 10.4 Å². The Balaban J connectivity index is 2.07. The predicted octanol–water partition coefficient (Wildman–Crippen LogP) is 2.77. The van der Waals surface area contributed by atoms with Gasteiger partial charge in [-0.2, -0.15) is 5.10 Å². The van der Waals surface area contributed by atoms with E-state index in [4.69, 9.17) is 0 Å². The van der Waals surface area contributed by atoms with Crippen LogP contribution in [0.5, 0.6) is 0 Å². The average Bonchev–Trinajstić information content (AvgIpc) is 2.87. The van der Waals surface area contributed by atoms with Crippen LogP contribution in [0.15, 0.2) is 24.4 Å². The van der Waals surface area contributed by atoms with Crippen molar-refractivity contribution >= 4 is 0 Å². The molecule has 6 heteroatoms. The zero-order chi connectivity index (χ0) is 15.6. The maximum absolute atomic E-state index is 13.2. The summed E-state index contributed by atoms with van der Waals surface area (Å²) in [4.78, 5) is 0. The fraction of sp³-hybridized carbons (Fsp3) is 0.400. The van der Waals surface area contributed by atoms with E-state index in [0.717, 1.165) is 23.4 Å². The summed E-state index contributed by atoms with van der Waals surface area (Å²) < 4.78 is 26.1. The van der Waals surface area contributed by atoms with Crippen LogP contribution < -0.4 is 5.32 Å². The molecule has 0 aliphatic heterocycles. The molecule has 1 aromatic heterocycles. The van der Waals surface area contributed by atoms with Crippen molar-refractivity contribution in [3.8, 4) is 0 Å². The van der Waals surface area contributed by atoms with Gasteiger partial charge >= 0.3 is 0 Å². The van der Waals surface area contributed by atoms with Crippen LogP contribution in [0, 0.1) is 18.6 Å². The molecular weight excluding hydrogens is 276 g/mol. The number of aromatic amines is 1. The highest BCUT2D eigenvalue weighted by atomic mass is 19.2. The predicted molar refractivity (Wildman–Crippen MR) is 75.7 cm³/mol. The quantitative estimate of drug-likeness (QED) is 0.795. The molecular formula is C15H19F2N3O. The molecule has 0 aliphatic rings. The van der Waals surface area contributed by atoms with Gasteiger partial charge in [0.2, 0.25) is 0 Å². The summed E-state index contributed by atoms with van der Waals surface area (Å²) in [6.07, 6.45) is 0.790. The van der Waals surface area contributed by atoms with E-state index in [0.29, 0.717) is 5.56 Å². The van der Waals surface area contributed by atoms with Crippen LogP contribution >= 0.6 is 0 Å². The average molecular weight is 295 g/mol. The molecule has 3 unspecified atom stereocenters. The molecule has 0 aliphatic carbocycles. The number of aromatic nitrogens is 2. The summed E-state index contributed by atoms with van der Waals surface area (Å²) in [6.45, 7) is 5.65. The fourth-order valence-corrected chi connectivity index (χ4v) is 2.36. The number of aryl methyl sites for hydroxylation is 1. The number of H-pyrrole nitrogens is 1. The van der Waals surface area contributed by atoms with Crippen LogP contribution in [0.2, 0.25) is 0 Å². The molecule has 0 fully saturated rings. The Kier molecular flexibility index (Phi) is 4.69. The molecule has 0 amide bonds. The normalized spacial score (nSPS) is 15.7. The molecule has 1 heterocycles. The highest BCUT2D eigenvalue weighted by Gasteiger charge is 2.21. The summed E-state index contributed by atoms with van der Waals surface area (Å²) in [5, 5.41) is 20.3. The van der Waals surface area contributed by atoms with Gasteiger partial charge in [0.15, 0.2) is 11.6 Å². The summed E-state index contributed by atoms with van der Waals surface area (Å²) in [5.74, 6) is -1.88. The Labute approximate surface area is 122 Å². The number of nitrogens with zero attached hydrogens (tertiary/aromatic N) is 1. The summed E-state index contributed by atoms with van der Waals surface area (Å²) in [5.41, 5.74) is 2.29. The summed E-state index contributed by atoms with van der Waals surface area (Å²) >= 11 is 0. The number of aliphatic hydroxyl groups excluding tert-OH is 1. The first kappa shape index (κ1) is 15.6. The minimum atomic E-state index is -0.961. The van der Waals surface area contributed by atoms with E-state index < -0.39 is 17.7 Å². The smallest absolute Gasteiger partial charge is 0.159 e. The first-order valence-corrected chi connectivity index (χ1v) is 6.79. The van der Waals surface area contributed by atoms with Crippen molar-refractivity contribution in [3.63, 3.8) is 0 Å². The van der Waals surface area contributed by atoms with Crippen LogP contribution in [0.3, 0.4) is 0 Å². The molecule has 4 nitrogen and oxygen atoms in total. The van der Waals surface area contributed by atoms with Crippen molar-refractivity contribution in [2.45, 2.75) is 39.0 Å². The molecule has 2 rings (SSSR count). The third-order valence-electron chi connectivity index (χ3n) is 3.61. The summed E-state index contributed by atoms with van der Waals surface area (Å²) in [6, 6.07) is 3.06. The van der Waals surface area contributed by atoms with E-state index in [9.17, 15) is 13.9 Å². The van der Waals surface area contributed by atoms with Crippen molar-refractivity contribution < 1.29 is 13.9 Å². The fourth-order valence-electron chi connectivity index (χ4n) is 2.36. The lowest BCUT2D eigenvalue weighted by atomic mass is 10.0. The maximum atomic E-state index is 13.2. The van der Waals surface area contributed by atoms with Crippen molar-refractivity contribution in [2.75, 3.05) is 0 Å². The zero-order valence-corrected chi connectivity index (χ0v) is 12.2. The van der Waals surface area contributed by atoms with Crippen LogP contribution in [-0.4, -0.2) is 21.3 Å². The standard InChI is InChI=1S/C15H19F2N3O/c1-8(12-7-18-20-9(12)2)19-10(3)15(21)11-4-5-13(16)14(17)6-11/h4-8,10,15,19,21H,1-3H3,(H,18,20). The van der Waals surface area contributed by atoms with Gasteiger partial charge in [-0.1, -0.05) is 6.07 Å². The van der Waals surface area contributed by atoms with E-state index in [1.807, 2.05) is 13.8 Å². The number of benzene rings is 1. The molecule has 3 atom stereocenters. The van der Waals surface area contributed by atoms with Crippen molar-refractivity contribution in [1.29, 1.82) is 0 Å². The Morgan fingerprint density at radius 2 is 1.95 bits per heavy atom. The lowest BCUT2D eigenvalue weighted by molar-refractivity contribution is 0.130. The minimum absolute atomic E-state index is 0.0290. The molecule has 0 bridgehead atoms. The van der Waals surface area contributed by atoms with Gasteiger partial charge in [0.1, 0.15) is 0 Å². The van der Waals surface area contributed by atoms with Gasteiger partial charge in [-0.15, -0.1) is 0 Å². The molecule has 0 radical (unpaired) electrons. The second kappa shape index (κ2) is 6.32. The second-order valence-electron chi connectivity index (χ2n) is 5.25. The molecule has 1 aromatic carbocycles. The molecule has 114 valence electrons. The second-order valence-corrected chi connectivity index (χ2v) is 5.25. The van der Waals surface area contributed by atoms with Crippen LogP contribution in [0.1, 0.15) is 42.8 Å². The lowest BCUT2D eigenvalue weighted by Crippen LogP contribution is -2.34. The Morgan fingerprint density at radius 1 is 1.24 bits per heavy atom. The number of hydrogen-bond acceptors (Lipinski definition) is 3. The van der Waals surface area contributed by atoms with E-state index >= 15 is 0 Å². The number of nitrogens with one attached hydrogen (secondary N) is 2. The van der Waals surface area contributed by atoms with Gasteiger partial charge in [0, 0.05) is 23.3 Å². The molecule has 0 saturated carbocycles. The Morgan fingerprint density at radius 3 is 2.52 bits per heavy atom. The summed E-state index contributed by atoms with van der Waals surface area (Å²) in [7, 11) is 0. The van der Waals surface area contributed by atoms with Crippen molar-refractivity contribution in [2.24, 2.45) is 0 Å². The first-order valence-electron chi connectivity index (χ1n) is 6.79. The third kappa shape index (κ3) is 3.46. The van der Waals surface area contributed by atoms with E-state index in [2.05, 4.69) is 15.5 Å². The van der Waals surface area contributed by atoms with Gasteiger partial charge in [-0.3, -0.25) is 5.10 Å². The van der Waals surface area contributed by atoms with Crippen molar-refractivity contribution in [3.05, 3.63) is 52.9 Å². The van der Waals surface area contributed by atoms with Crippen LogP contribution in [-0.2, 0) is 0 Å². The van der Waals surface area contributed by atoms with Crippen LogP contribution in [0.4, 0.5) is 8.78 Å². The maximum Gasteiger partial charge on any atom is 0.159 e. The molecule has 0 saturated heterocycles. The topological polar surface area (TPSA) is 60.9 Å². The van der Waals surface area contributed by atoms with E-state index in [1.165, 1.54) is 6.07 Å². The van der Waals surface area contributed by atoms with Gasteiger partial charge in [0.25, 0.3) is 0 Å². The van der Waals surface area contributed by atoms with Crippen molar-refractivity contribution in [1.82, 2.24) is 15.5 Å². The molecule has 2 aromatic rings. The first-order chi connectivity index (χ1) is 9.90. The molecule has 3 N–H and O–H groups in total. The van der Waals surface area contributed by atoms with Gasteiger partial charge in [-0.25, -0.2) is 8.78 Å². The molecule has 21 heavy (non-hydrogen) atoms. The third-order valence-corrected chi connectivity index (χ3v) is 3.61. The number of rotatable bonds is 5. The van der Waals surface area contributed by atoms with Gasteiger partial charge in [-0.05, 0) is 38.5 Å². The Hall–Kier alpha value is -1.79. The van der Waals surface area contributed by atoms with E-state index in [1.54, 1.807) is 13.1 Å². The number of hydrogen-bond donors (Lipinski definition) is 3. The highest BCUT2D eigenvalue weighted by molar-refractivity contribution is 5.22. The highest BCUT2D eigenvalue weighted by Crippen LogP contribution is 2.22. The number of halogens is 2. The zero-order valence-electron chi connectivity index (χ0n) is 12.2. The minimum Gasteiger partial charge on any atom is -0.387 e. The largest absolute Gasteiger partial charge is 0.387 e. The monoisotopic (exact) mass is 295 g/mol. The number of aliphatic hydroxyl groups is 1. The van der Waals surface area contributed by atoms with Gasteiger partial charge in [0.05, 0.1) is 12.3 Å². The lowest BCUT2D eigenvalue weighted by Gasteiger charge is -2.24. The SMILES string of the molecule is Cc1[nH]ncc1C(C)NC(C)C(O)c1ccc(F)c(F)c1. The van der Waals surface area contributed by atoms with Crippen LogP contribution in [0.25, 0.3) is 0 Å². The van der Waals surface area contributed by atoms with E-state index in [-0.39, 0.29) is 12.1 Å². The Bertz CT molecular complexity index is 615.